The predicted octanol–water partition coefficient (Wildman–Crippen LogP) is 3.48. The average Bonchev–Trinajstić information content (AvgIpc) is 2.30. The van der Waals surface area contributed by atoms with E-state index in [0.717, 1.165) is 36.2 Å². The Labute approximate surface area is 97.5 Å². The van der Waals surface area contributed by atoms with Crippen LogP contribution in [0.1, 0.15) is 51.9 Å². The number of rotatable bonds is 2. The second kappa shape index (κ2) is 6.94. The van der Waals surface area contributed by atoms with Crippen molar-refractivity contribution in [1.29, 1.82) is 0 Å². The maximum absolute atomic E-state index is 11.7. The average molecular weight is 228 g/mol. The summed E-state index contributed by atoms with van der Waals surface area (Å²) in [5.74, 6) is -0.163. The summed E-state index contributed by atoms with van der Waals surface area (Å²) in [6, 6.07) is 0. The van der Waals surface area contributed by atoms with Gasteiger partial charge in [0.05, 0.1) is 6.61 Å². The highest BCUT2D eigenvalue weighted by Crippen LogP contribution is 2.25. The van der Waals surface area contributed by atoms with Crippen molar-refractivity contribution < 1.29 is 9.53 Å². The molecule has 1 rings (SSSR count). The highest BCUT2D eigenvalue weighted by molar-refractivity contribution is 7.84. The smallest absolute Gasteiger partial charge is 0.334 e. The van der Waals surface area contributed by atoms with Crippen LogP contribution < -0.4 is 0 Å². The van der Waals surface area contributed by atoms with Gasteiger partial charge in [-0.05, 0) is 37.5 Å². The fourth-order valence-corrected chi connectivity index (χ4v) is 2.22. The third-order valence-electron chi connectivity index (χ3n) is 2.71. The molecule has 1 aliphatic rings. The first-order valence-corrected chi connectivity index (χ1v) is 6.28. The van der Waals surface area contributed by atoms with E-state index in [9.17, 15) is 4.79 Å². The molecule has 0 spiro atoms. The van der Waals surface area contributed by atoms with Gasteiger partial charge in [0, 0.05) is 5.57 Å². The zero-order chi connectivity index (χ0) is 11.1. The number of ether oxygens (including phenoxy) is 1. The second-order valence-corrected chi connectivity index (χ2v) is 4.45. The first kappa shape index (κ1) is 12.6. The lowest BCUT2D eigenvalue weighted by Gasteiger charge is -2.09. The molecule has 3 heteroatoms. The second-order valence-electron chi connectivity index (χ2n) is 3.91. The Kier molecular flexibility index (Phi) is 5.84. The maximum Gasteiger partial charge on any atom is 0.334 e. The largest absolute Gasteiger partial charge is 0.463 e. The van der Waals surface area contributed by atoms with Crippen molar-refractivity contribution in [3.8, 4) is 0 Å². The van der Waals surface area contributed by atoms with Crippen molar-refractivity contribution in [3.05, 3.63) is 10.5 Å². The summed E-state index contributed by atoms with van der Waals surface area (Å²) in [5, 5.41) is 0. The van der Waals surface area contributed by atoms with Gasteiger partial charge in [0.15, 0.2) is 0 Å². The van der Waals surface area contributed by atoms with Crippen molar-refractivity contribution in [2.45, 2.75) is 51.9 Å². The molecule has 86 valence electrons. The molecular formula is C12H20O2S. The van der Waals surface area contributed by atoms with Gasteiger partial charge in [-0.2, -0.15) is 0 Å². The van der Waals surface area contributed by atoms with E-state index in [1.54, 1.807) is 0 Å². The van der Waals surface area contributed by atoms with E-state index in [4.69, 9.17) is 4.74 Å². The van der Waals surface area contributed by atoms with E-state index in [-0.39, 0.29) is 5.97 Å². The number of allylic oxidation sites excluding steroid dienone is 1. The minimum Gasteiger partial charge on any atom is -0.463 e. The Balaban J connectivity index is 2.68. The molecule has 0 radical (unpaired) electrons. The van der Waals surface area contributed by atoms with Gasteiger partial charge in [0.1, 0.15) is 0 Å². The van der Waals surface area contributed by atoms with Crippen LogP contribution >= 0.6 is 12.6 Å². The first-order valence-electron chi connectivity index (χ1n) is 5.83. The number of thiol groups is 1. The summed E-state index contributed by atoms with van der Waals surface area (Å²) in [7, 11) is 0. The van der Waals surface area contributed by atoms with E-state index in [1.165, 1.54) is 19.3 Å². The molecule has 0 saturated carbocycles. The van der Waals surface area contributed by atoms with Gasteiger partial charge in [-0.25, -0.2) is 4.79 Å². The Morgan fingerprint density at radius 1 is 1.20 bits per heavy atom. The van der Waals surface area contributed by atoms with E-state index < -0.39 is 0 Å². The Morgan fingerprint density at radius 2 is 1.80 bits per heavy atom. The molecule has 1 aliphatic carbocycles. The van der Waals surface area contributed by atoms with Gasteiger partial charge in [-0.1, -0.05) is 19.3 Å². The third kappa shape index (κ3) is 4.29. The highest BCUT2D eigenvalue weighted by Gasteiger charge is 2.15. The lowest BCUT2D eigenvalue weighted by atomic mass is 10.1. The summed E-state index contributed by atoms with van der Waals surface area (Å²) < 4.78 is 5.04. The van der Waals surface area contributed by atoms with E-state index in [1.807, 2.05) is 6.92 Å². The van der Waals surface area contributed by atoms with Crippen molar-refractivity contribution >= 4 is 18.6 Å². The molecule has 0 bridgehead atoms. The molecule has 0 unspecified atom stereocenters. The number of hydrogen-bond acceptors (Lipinski definition) is 3. The molecular weight excluding hydrogens is 208 g/mol. The summed E-state index contributed by atoms with van der Waals surface area (Å²) >= 11 is 4.43. The molecule has 0 amide bonds. The van der Waals surface area contributed by atoms with Crippen molar-refractivity contribution in [2.75, 3.05) is 6.61 Å². The molecule has 0 aromatic rings. The van der Waals surface area contributed by atoms with Crippen LogP contribution in [0.2, 0.25) is 0 Å². The van der Waals surface area contributed by atoms with Gasteiger partial charge in [0.25, 0.3) is 0 Å². The number of carbonyl (C=O) groups is 1. The van der Waals surface area contributed by atoms with Crippen LogP contribution in [-0.4, -0.2) is 12.6 Å². The van der Waals surface area contributed by atoms with Gasteiger partial charge in [0.2, 0.25) is 0 Å². The number of esters is 1. The first-order chi connectivity index (χ1) is 7.25. The third-order valence-corrected chi connectivity index (χ3v) is 3.20. The van der Waals surface area contributed by atoms with Gasteiger partial charge >= 0.3 is 5.97 Å². The summed E-state index contributed by atoms with van der Waals surface area (Å²) in [5.41, 5.74) is 0.807. The fourth-order valence-electron chi connectivity index (χ4n) is 1.86. The SMILES string of the molecule is CCOC(=O)C1=C(S)CCCCCCC1. The molecule has 0 atom stereocenters. The molecule has 0 aromatic carbocycles. The van der Waals surface area contributed by atoms with Crippen LogP contribution in [0.5, 0.6) is 0 Å². The molecule has 0 aliphatic heterocycles. The van der Waals surface area contributed by atoms with E-state index in [2.05, 4.69) is 12.6 Å². The van der Waals surface area contributed by atoms with Gasteiger partial charge in [-0.15, -0.1) is 12.6 Å². The van der Waals surface area contributed by atoms with Crippen LogP contribution in [0.3, 0.4) is 0 Å². The van der Waals surface area contributed by atoms with Crippen LogP contribution in [0.4, 0.5) is 0 Å². The minimum atomic E-state index is -0.163. The molecule has 15 heavy (non-hydrogen) atoms. The summed E-state index contributed by atoms with van der Waals surface area (Å²) in [6.45, 7) is 2.29. The lowest BCUT2D eigenvalue weighted by Crippen LogP contribution is -2.09. The molecule has 0 aromatic heterocycles. The quantitative estimate of drug-likeness (QED) is 0.578. The van der Waals surface area contributed by atoms with E-state index in [0.29, 0.717) is 6.61 Å². The molecule has 0 heterocycles. The lowest BCUT2D eigenvalue weighted by molar-refractivity contribution is -0.138. The molecule has 0 N–H and O–H groups in total. The summed E-state index contributed by atoms with van der Waals surface area (Å²) in [4.78, 5) is 12.6. The zero-order valence-corrected chi connectivity index (χ0v) is 10.3. The van der Waals surface area contributed by atoms with Gasteiger partial charge < -0.3 is 4.74 Å². The molecule has 2 nitrogen and oxygen atoms in total. The van der Waals surface area contributed by atoms with Gasteiger partial charge in [-0.3, -0.25) is 0 Å². The number of carbonyl (C=O) groups excluding carboxylic acids is 1. The highest BCUT2D eigenvalue weighted by atomic mass is 32.1. The zero-order valence-electron chi connectivity index (χ0n) is 9.42. The number of hydrogen-bond donors (Lipinski definition) is 1. The van der Waals surface area contributed by atoms with Crippen molar-refractivity contribution in [2.24, 2.45) is 0 Å². The van der Waals surface area contributed by atoms with Crippen LogP contribution in [0.25, 0.3) is 0 Å². The predicted molar refractivity (Wildman–Crippen MR) is 65.0 cm³/mol. The van der Waals surface area contributed by atoms with Crippen molar-refractivity contribution in [3.63, 3.8) is 0 Å². The maximum atomic E-state index is 11.7. The molecule has 0 saturated heterocycles. The monoisotopic (exact) mass is 228 g/mol. The molecule has 0 fully saturated rings. The Morgan fingerprint density at radius 3 is 2.47 bits per heavy atom. The topological polar surface area (TPSA) is 26.3 Å². The standard InChI is InChI=1S/C12H20O2S/c1-2-14-12(13)10-8-6-4-3-5-7-9-11(10)15/h15H,2-9H2,1H3. The van der Waals surface area contributed by atoms with Crippen molar-refractivity contribution in [1.82, 2.24) is 0 Å². The van der Waals surface area contributed by atoms with E-state index >= 15 is 0 Å². The van der Waals surface area contributed by atoms with Crippen LogP contribution in [0, 0.1) is 0 Å². The normalized spacial score (nSPS) is 19.1. The van der Waals surface area contributed by atoms with Crippen LogP contribution in [0.15, 0.2) is 10.5 Å². The Bertz CT molecular complexity index is 246. The van der Waals surface area contributed by atoms with Crippen LogP contribution in [-0.2, 0) is 9.53 Å². The Hall–Kier alpha value is -0.440. The fraction of sp³-hybridized carbons (Fsp3) is 0.750. The minimum absolute atomic E-state index is 0.163. The summed E-state index contributed by atoms with van der Waals surface area (Å²) in [6.07, 6.45) is 7.72.